The molecule has 2 heterocycles. The Hall–Kier alpha value is -11.2. The molecule has 0 amide bonds. The van der Waals surface area contributed by atoms with Crippen molar-refractivity contribution in [2.24, 2.45) is 0 Å². The number of anilines is 9. The van der Waals surface area contributed by atoms with Crippen molar-refractivity contribution < 1.29 is 8.83 Å². The second kappa shape index (κ2) is 25.0. The van der Waals surface area contributed by atoms with Crippen molar-refractivity contribution in [1.82, 2.24) is 0 Å². The van der Waals surface area contributed by atoms with Crippen LogP contribution in [0, 0.1) is 0 Å². The van der Waals surface area contributed by atoms with E-state index in [4.69, 9.17) is 8.83 Å². The van der Waals surface area contributed by atoms with Gasteiger partial charge < -0.3 is 23.5 Å². The maximum atomic E-state index is 7.71. The van der Waals surface area contributed by atoms with Crippen molar-refractivity contribution in [3.05, 3.63) is 336 Å². The summed E-state index contributed by atoms with van der Waals surface area (Å²) in [6.45, 7) is 34.9. The summed E-state index contributed by atoms with van der Waals surface area (Å²) in [7, 11) is -1.89. The van der Waals surface area contributed by atoms with Gasteiger partial charge in [0.15, 0.2) is 11.2 Å². The van der Waals surface area contributed by atoms with Crippen LogP contribution in [0.3, 0.4) is 0 Å². The van der Waals surface area contributed by atoms with Crippen LogP contribution in [0.2, 0.25) is 19.6 Å². The molecule has 0 spiro atoms. The van der Waals surface area contributed by atoms with Crippen LogP contribution in [0.15, 0.2) is 300 Å². The summed E-state index contributed by atoms with van der Waals surface area (Å²) in [5.41, 5.74) is 23.1. The van der Waals surface area contributed by atoms with Gasteiger partial charge in [0, 0.05) is 60.8 Å². The Morgan fingerprint density at radius 1 is 0.283 bits per heavy atom. The third-order valence-electron chi connectivity index (χ3n) is 22.5. The van der Waals surface area contributed by atoms with Gasteiger partial charge in [-0.2, -0.15) is 0 Å². The van der Waals surface area contributed by atoms with Gasteiger partial charge >= 0.3 is 0 Å². The number of furan rings is 2. The highest BCUT2D eigenvalue weighted by atomic mass is 28.3. The van der Waals surface area contributed by atoms with Gasteiger partial charge in [-0.25, -0.2) is 0 Å². The van der Waals surface area contributed by atoms with Crippen LogP contribution in [0.25, 0.3) is 76.5 Å². The second-order valence-electron chi connectivity index (χ2n) is 34.6. The zero-order valence-corrected chi connectivity index (χ0v) is 64.9. The molecule has 0 radical (unpaired) electrons. The smallest absolute Gasteiger partial charge is 0.160 e. The predicted molar refractivity (Wildman–Crippen MR) is 455 cm³/mol. The minimum atomic E-state index is -1.89. The normalized spacial score (nSPS) is 13.3. The molecule has 0 saturated carbocycles. The first kappa shape index (κ1) is 68.0. The average Bonchev–Trinajstić information content (AvgIpc) is 1.50. The molecule has 16 aromatic rings. The van der Waals surface area contributed by atoms with Crippen molar-refractivity contribution in [1.29, 1.82) is 0 Å². The molecule has 2 aromatic heterocycles. The van der Waals surface area contributed by atoms with Gasteiger partial charge in [0.05, 0.1) is 36.2 Å². The SMILES string of the molecule is CC(C)(C)c1ccc(N(c2ccc(C(C)(C)C)cc2)c2ccc(C3(c4ccc([Si](C)(C)C)cc4)c4cc(N(c5ccc(C(C)(C)C)cc5)c5cccc6ccccc56)c5oc6ccccc6c5c4-c4c3cc(N(c3ccc(C(C)(C)C)cc3)c3cccc5ccccc35)c3oc5ccccc5c43)cc2)cc1. The topological polar surface area (TPSA) is 36.0 Å². The predicted octanol–water partition coefficient (Wildman–Crippen LogP) is 28.3. The van der Waals surface area contributed by atoms with Gasteiger partial charge in [-0.15, -0.1) is 0 Å². The third kappa shape index (κ3) is 11.3. The van der Waals surface area contributed by atoms with Gasteiger partial charge in [0.1, 0.15) is 11.2 Å². The molecule has 0 aliphatic heterocycles. The molecule has 0 fully saturated rings. The monoisotopic (exact) mass is 1400 g/mol. The van der Waals surface area contributed by atoms with Crippen LogP contribution in [0.4, 0.5) is 51.2 Å². The maximum Gasteiger partial charge on any atom is 0.160 e. The van der Waals surface area contributed by atoms with Crippen LogP contribution in [-0.4, -0.2) is 8.07 Å². The lowest BCUT2D eigenvalue weighted by Crippen LogP contribution is -2.38. The summed E-state index contributed by atoms with van der Waals surface area (Å²) in [5.74, 6) is 0. The fourth-order valence-corrected chi connectivity index (χ4v) is 17.9. The summed E-state index contributed by atoms with van der Waals surface area (Å²) in [6.07, 6.45) is 0. The number of benzene rings is 14. The number of nitrogens with zero attached hydrogens (tertiary/aromatic N) is 3. The lowest BCUT2D eigenvalue weighted by molar-refractivity contribution is 0.590. The van der Waals surface area contributed by atoms with E-state index < -0.39 is 13.5 Å². The number of rotatable bonds is 12. The molecule has 524 valence electrons. The molecule has 14 aromatic carbocycles. The quantitative estimate of drug-likeness (QED) is 0.114. The van der Waals surface area contributed by atoms with E-state index in [1.807, 2.05) is 0 Å². The summed E-state index contributed by atoms with van der Waals surface area (Å²) >= 11 is 0. The minimum Gasteiger partial charge on any atom is -0.454 e. The van der Waals surface area contributed by atoms with E-state index in [1.165, 1.54) is 27.4 Å². The van der Waals surface area contributed by atoms with Gasteiger partial charge in [0.2, 0.25) is 0 Å². The minimum absolute atomic E-state index is 0.0250. The zero-order valence-electron chi connectivity index (χ0n) is 63.9. The Morgan fingerprint density at radius 2 is 0.575 bits per heavy atom. The molecule has 0 saturated heterocycles. The van der Waals surface area contributed by atoms with Crippen LogP contribution < -0.4 is 19.9 Å². The number of fused-ring (bicyclic) bond motifs is 13. The Labute approximate surface area is 626 Å². The molecule has 17 rings (SSSR count). The molecule has 1 aliphatic carbocycles. The summed E-state index contributed by atoms with van der Waals surface area (Å²) in [5, 5.41) is 10.1. The Morgan fingerprint density at radius 3 is 0.915 bits per heavy atom. The highest BCUT2D eigenvalue weighted by Crippen LogP contribution is 2.65. The van der Waals surface area contributed by atoms with Crippen LogP contribution >= 0.6 is 0 Å². The highest BCUT2D eigenvalue weighted by Gasteiger charge is 2.51. The molecular weight excluding hydrogens is 1300 g/mol. The molecule has 6 heteroatoms. The van der Waals surface area contributed by atoms with Crippen molar-refractivity contribution in [3.8, 4) is 11.1 Å². The van der Waals surface area contributed by atoms with Crippen LogP contribution in [-0.2, 0) is 27.1 Å². The lowest BCUT2D eigenvalue weighted by Gasteiger charge is -2.37. The van der Waals surface area contributed by atoms with Gasteiger partial charge in [0.25, 0.3) is 0 Å². The van der Waals surface area contributed by atoms with E-state index >= 15 is 0 Å². The zero-order chi connectivity index (χ0) is 73.6. The third-order valence-corrected chi connectivity index (χ3v) is 24.6. The Kier molecular flexibility index (Phi) is 16.0. The molecule has 0 atom stereocenters. The van der Waals surface area contributed by atoms with Crippen LogP contribution in [0.1, 0.15) is 128 Å². The van der Waals surface area contributed by atoms with E-state index in [0.717, 1.165) is 150 Å². The van der Waals surface area contributed by atoms with E-state index in [1.54, 1.807) is 0 Å². The van der Waals surface area contributed by atoms with Crippen molar-refractivity contribution >= 4 is 130 Å². The fraction of sp³-hybridized carbons (Fsp3) is 0.200. The summed E-state index contributed by atoms with van der Waals surface area (Å²) < 4.78 is 15.4. The van der Waals surface area contributed by atoms with Gasteiger partial charge in [-0.1, -0.05) is 302 Å². The largest absolute Gasteiger partial charge is 0.454 e. The van der Waals surface area contributed by atoms with Gasteiger partial charge in [-0.3, -0.25) is 0 Å². The first-order valence-corrected chi connectivity index (χ1v) is 41.2. The first-order chi connectivity index (χ1) is 50.7. The van der Waals surface area contributed by atoms with Crippen molar-refractivity contribution in [2.75, 3.05) is 14.7 Å². The van der Waals surface area contributed by atoms with Gasteiger partial charge in [-0.05, 0) is 185 Å². The van der Waals surface area contributed by atoms with Crippen molar-refractivity contribution in [2.45, 2.75) is 130 Å². The molecule has 0 bridgehead atoms. The fourth-order valence-electron chi connectivity index (χ4n) is 16.7. The van der Waals surface area contributed by atoms with Crippen molar-refractivity contribution in [3.63, 3.8) is 0 Å². The number of para-hydroxylation sites is 2. The average molecular weight is 1400 g/mol. The standard InChI is InChI=1S/C100H93N3O2Si/c1-96(2,3)66-38-50-72(51-39-66)101(73-52-40-67(41-53-73)97(4,5)6)74-58-46-70(47-59-74)100(71-48-60-77(61-49-71)106(13,14)15)82-62-86(102(75-54-42-68(43-55-75)98(7,8)9)84-34-24-28-64-26-16-18-30-78(64)84)94-90(80-32-20-22-36-88(80)104-94)92(82)93-83(100)63-87(95-91(93)81-33-21-23-37-89(81)105-95)103(76-56-44-69(45-57-76)99(10,11)12)85-35-25-29-65-27-17-19-31-79(65)85/h16-63H,1-15H3. The second-order valence-corrected chi connectivity index (χ2v) is 39.6. The Bertz CT molecular complexity index is 5730. The maximum absolute atomic E-state index is 7.71. The molecule has 1 aliphatic rings. The van der Waals surface area contributed by atoms with E-state index in [2.05, 4.69) is 409 Å². The van der Waals surface area contributed by atoms with Crippen LogP contribution in [0.5, 0.6) is 0 Å². The molecule has 5 nitrogen and oxygen atoms in total. The Balaban J connectivity index is 1.06. The first-order valence-electron chi connectivity index (χ1n) is 37.7. The van der Waals surface area contributed by atoms with E-state index in [9.17, 15) is 0 Å². The summed E-state index contributed by atoms with van der Waals surface area (Å²) in [4.78, 5) is 7.43. The lowest BCUT2D eigenvalue weighted by atomic mass is 9.67. The molecule has 106 heavy (non-hydrogen) atoms. The molecule has 0 N–H and O–H groups in total. The summed E-state index contributed by atoms with van der Waals surface area (Å²) in [6, 6.07) is 110. The molecular formula is C100H93N3O2Si. The van der Waals surface area contributed by atoms with E-state index in [0.29, 0.717) is 0 Å². The number of hydrogen-bond donors (Lipinski definition) is 0. The number of hydrogen-bond acceptors (Lipinski definition) is 5. The highest BCUT2D eigenvalue weighted by molar-refractivity contribution is 6.88. The molecule has 0 unspecified atom stereocenters. The van der Waals surface area contributed by atoms with E-state index in [-0.39, 0.29) is 21.7 Å².